The standard InChI is InChI=1S/C28H49NO9/c1-10-19(30)28(8,34)24-17(6)22-13(2)12-27(7,38-22)23(15(4)20(31)16(5)25(33)36-24)37-26-21(32)18(29-9)11-14(3)35-26/h14-21,23-24,26,29-32,34H,10-12H2,1-9H3/t14?,15-,16+,17-,18?,19-,20-,21?,23+,24+,26-,27+,28+/m0/s1. The van der Waals surface area contributed by atoms with E-state index in [1.807, 2.05) is 20.8 Å². The van der Waals surface area contributed by atoms with E-state index in [2.05, 4.69) is 5.32 Å². The number of nitrogens with one attached hydrogen (secondary N) is 1. The van der Waals surface area contributed by atoms with E-state index in [4.69, 9.17) is 18.9 Å². The molecule has 38 heavy (non-hydrogen) atoms. The van der Waals surface area contributed by atoms with Crippen molar-refractivity contribution in [3.8, 4) is 0 Å². The average molecular weight is 544 g/mol. The fourth-order valence-electron chi connectivity index (χ4n) is 6.52. The highest BCUT2D eigenvalue weighted by molar-refractivity contribution is 5.73. The van der Waals surface area contributed by atoms with Gasteiger partial charge in [0.25, 0.3) is 0 Å². The van der Waals surface area contributed by atoms with Crippen LogP contribution < -0.4 is 5.32 Å². The maximum absolute atomic E-state index is 13.3. The van der Waals surface area contributed by atoms with Gasteiger partial charge < -0.3 is 44.7 Å². The van der Waals surface area contributed by atoms with Crippen LogP contribution in [0.4, 0.5) is 0 Å². The summed E-state index contributed by atoms with van der Waals surface area (Å²) >= 11 is 0. The van der Waals surface area contributed by atoms with Gasteiger partial charge in [-0.2, -0.15) is 0 Å². The summed E-state index contributed by atoms with van der Waals surface area (Å²) < 4.78 is 25.0. The van der Waals surface area contributed by atoms with Crippen LogP contribution in [-0.2, 0) is 23.7 Å². The zero-order chi connectivity index (χ0) is 28.7. The first-order chi connectivity index (χ1) is 17.6. The number of aliphatic hydroxyl groups is 4. The van der Waals surface area contributed by atoms with Gasteiger partial charge in [-0.1, -0.05) is 20.8 Å². The van der Waals surface area contributed by atoms with E-state index in [9.17, 15) is 25.2 Å². The number of aliphatic hydroxyl groups excluding tert-OH is 3. The molecule has 10 nitrogen and oxygen atoms in total. The summed E-state index contributed by atoms with van der Waals surface area (Å²) in [6.45, 7) is 14.1. The fraction of sp³-hybridized carbons (Fsp3) is 0.893. The largest absolute Gasteiger partial charge is 0.488 e. The molecule has 0 radical (unpaired) electrons. The van der Waals surface area contributed by atoms with Crippen molar-refractivity contribution in [3.05, 3.63) is 11.3 Å². The molecular formula is C28H49NO9. The number of ether oxygens (including phenoxy) is 4. The Balaban J connectivity index is 2.05. The van der Waals surface area contributed by atoms with E-state index in [1.54, 1.807) is 34.7 Å². The van der Waals surface area contributed by atoms with Gasteiger partial charge in [-0.05, 0) is 60.1 Å². The number of carbonyl (C=O) groups is 1. The van der Waals surface area contributed by atoms with Gasteiger partial charge in [-0.15, -0.1) is 0 Å². The maximum Gasteiger partial charge on any atom is 0.311 e. The summed E-state index contributed by atoms with van der Waals surface area (Å²) in [5, 5.41) is 47.5. The van der Waals surface area contributed by atoms with Gasteiger partial charge in [0.15, 0.2) is 6.29 Å². The minimum absolute atomic E-state index is 0.168. The highest BCUT2D eigenvalue weighted by Gasteiger charge is 2.55. The molecule has 5 N–H and O–H groups in total. The molecule has 3 unspecified atom stereocenters. The molecule has 0 aromatic carbocycles. The van der Waals surface area contributed by atoms with Crippen LogP contribution in [0.1, 0.15) is 74.7 Å². The molecule has 3 rings (SSSR count). The van der Waals surface area contributed by atoms with Crippen molar-refractivity contribution in [2.24, 2.45) is 17.8 Å². The van der Waals surface area contributed by atoms with Gasteiger partial charge in [-0.25, -0.2) is 0 Å². The second-order valence-corrected chi connectivity index (χ2v) is 12.2. The Labute approximate surface area is 226 Å². The summed E-state index contributed by atoms with van der Waals surface area (Å²) in [5.41, 5.74) is -1.85. The Morgan fingerprint density at radius 3 is 2.39 bits per heavy atom. The van der Waals surface area contributed by atoms with Crippen LogP contribution in [0.25, 0.3) is 0 Å². The zero-order valence-corrected chi connectivity index (χ0v) is 24.3. The third kappa shape index (κ3) is 5.77. The van der Waals surface area contributed by atoms with Crippen LogP contribution in [0.3, 0.4) is 0 Å². The van der Waals surface area contributed by atoms with E-state index in [-0.39, 0.29) is 18.6 Å². The number of cyclic esters (lactones) is 1. The van der Waals surface area contributed by atoms with Gasteiger partial charge in [0.1, 0.15) is 35.3 Å². The molecule has 3 heterocycles. The Morgan fingerprint density at radius 2 is 1.82 bits per heavy atom. The van der Waals surface area contributed by atoms with Crippen LogP contribution in [0.2, 0.25) is 0 Å². The van der Waals surface area contributed by atoms with E-state index < -0.39 is 71.7 Å². The molecule has 2 saturated heterocycles. The second-order valence-electron chi connectivity index (χ2n) is 12.2. The Hall–Kier alpha value is -1.27. The van der Waals surface area contributed by atoms with Crippen LogP contribution in [0.15, 0.2) is 11.3 Å². The number of hydrogen-bond acceptors (Lipinski definition) is 10. The molecule has 3 aliphatic heterocycles. The molecule has 13 atom stereocenters. The Kier molecular flexibility index (Phi) is 9.61. The van der Waals surface area contributed by atoms with E-state index >= 15 is 0 Å². The van der Waals surface area contributed by atoms with Gasteiger partial charge in [0, 0.05) is 18.4 Å². The summed E-state index contributed by atoms with van der Waals surface area (Å²) in [5.74, 6) is -2.32. The monoisotopic (exact) mass is 543 g/mol. The Morgan fingerprint density at radius 1 is 1.18 bits per heavy atom. The quantitative estimate of drug-likeness (QED) is 0.313. The third-order valence-electron chi connectivity index (χ3n) is 8.93. The summed E-state index contributed by atoms with van der Waals surface area (Å²) in [4.78, 5) is 13.3. The number of hydrogen-bond donors (Lipinski definition) is 5. The second kappa shape index (κ2) is 11.7. The molecule has 0 amide bonds. The minimum atomic E-state index is -1.77. The fourth-order valence-corrected chi connectivity index (χ4v) is 6.52. The topological polar surface area (TPSA) is 147 Å². The van der Waals surface area contributed by atoms with Crippen molar-refractivity contribution < 1.29 is 44.2 Å². The molecular weight excluding hydrogens is 494 g/mol. The summed E-state index contributed by atoms with van der Waals surface area (Å²) in [6, 6.07) is -0.235. The summed E-state index contributed by atoms with van der Waals surface area (Å²) in [6.07, 6.45) is -5.00. The normalized spacial score (nSPS) is 45.0. The highest BCUT2D eigenvalue weighted by atomic mass is 16.7. The lowest BCUT2D eigenvalue weighted by Gasteiger charge is -2.45. The minimum Gasteiger partial charge on any atom is -0.488 e. The van der Waals surface area contributed by atoms with Gasteiger partial charge in [-0.3, -0.25) is 4.79 Å². The molecule has 0 spiro atoms. The van der Waals surface area contributed by atoms with Crippen molar-refractivity contribution in [1.29, 1.82) is 0 Å². The van der Waals surface area contributed by atoms with Gasteiger partial charge >= 0.3 is 5.97 Å². The van der Waals surface area contributed by atoms with Gasteiger partial charge in [0.2, 0.25) is 0 Å². The molecule has 0 aliphatic carbocycles. The SMILES string of the molecule is CC[C@H](O)[C@@](C)(O)[C@@H]1OC(=O)[C@H](C)[C@@H](O)[C@H](C)[C@@H](O[C@@H]2OC(C)CC(NC)C2O)[C@@]2(C)CC(C)=C(O2)[C@@H]1C. The van der Waals surface area contributed by atoms with Crippen LogP contribution >= 0.6 is 0 Å². The highest BCUT2D eigenvalue weighted by Crippen LogP contribution is 2.47. The molecule has 10 heteroatoms. The third-order valence-corrected chi connectivity index (χ3v) is 8.93. The van der Waals surface area contributed by atoms with Gasteiger partial charge in [0.05, 0.1) is 30.1 Å². The molecule has 0 aromatic rings. The van der Waals surface area contributed by atoms with Crippen molar-refractivity contribution in [3.63, 3.8) is 0 Å². The summed E-state index contributed by atoms with van der Waals surface area (Å²) in [7, 11) is 1.78. The molecule has 3 aliphatic rings. The van der Waals surface area contributed by atoms with Crippen molar-refractivity contribution >= 4 is 5.97 Å². The number of fused-ring (bicyclic) bond motifs is 2. The average Bonchev–Trinajstić information content (AvgIpc) is 3.18. The number of rotatable bonds is 6. The maximum atomic E-state index is 13.3. The molecule has 2 fully saturated rings. The number of esters is 1. The van der Waals surface area contributed by atoms with Crippen LogP contribution in [0, 0.1) is 17.8 Å². The van der Waals surface area contributed by atoms with Crippen molar-refractivity contribution in [2.75, 3.05) is 7.05 Å². The first-order valence-electron chi connectivity index (χ1n) is 13.9. The zero-order valence-electron chi connectivity index (χ0n) is 24.3. The lowest BCUT2D eigenvalue weighted by Crippen LogP contribution is -2.58. The predicted molar refractivity (Wildman–Crippen MR) is 140 cm³/mol. The molecule has 0 saturated carbocycles. The molecule has 0 aromatic heterocycles. The number of carbonyl (C=O) groups excluding carboxylic acids is 1. The van der Waals surface area contributed by atoms with Crippen LogP contribution in [-0.4, -0.2) is 93.6 Å². The van der Waals surface area contributed by atoms with Crippen LogP contribution in [0.5, 0.6) is 0 Å². The number of likely N-dealkylation sites (N-methyl/N-ethyl adjacent to an activating group) is 1. The van der Waals surface area contributed by atoms with E-state index in [0.29, 0.717) is 18.6 Å². The lowest BCUT2D eigenvalue weighted by atomic mass is 9.79. The van der Waals surface area contributed by atoms with E-state index in [1.165, 1.54) is 6.92 Å². The smallest absolute Gasteiger partial charge is 0.311 e. The first-order valence-corrected chi connectivity index (χ1v) is 13.9. The molecule has 220 valence electrons. The predicted octanol–water partition coefficient (Wildman–Crippen LogP) is 1.62. The van der Waals surface area contributed by atoms with E-state index in [0.717, 1.165) is 5.57 Å². The van der Waals surface area contributed by atoms with Crippen molar-refractivity contribution in [1.82, 2.24) is 5.32 Å². The van der Waals surface area contributed by atoms with Crippen molar-refractivity contribution in [2.45, 2.75) is 135 Å². The first kappa shape index (κ1) is 31.3. The molecule has 2 bridgehead atoms. The lowest BCUT2D eigenvalue weighted by molar-refractivity contribution is -0.292. The Bertz CT molecular complexity index is 878.